The van der Waals surface area contributed by atoms with Crippen molar-refractivity contribution >= 4 is 21.9 Å². The summed E-state index contributed by atoms with van der Waals surface area (Å²) >= 11 is 0. The van der Waals surface area contributed by atoms with Crippen molar-refractivity contribution < 1.29 is 9.15 Å². The molecule has 2 nitrogen and oxygen atoms in total. The fraction of sp³-hybridized carbons (Fsp3) is 0.0233. The molecule has 0 unspecified atom stereocenters. The molecule has 45 heavy (non-hydrogen) atoms. The van der Waals surface area contributed by atoms with E-state index in [1.807, 2.05) is 18.2 Å². The number of para-hydroxylation sites is 2. The van der Waals surface area contributed by atoms with Gasteiger partial charge in [-0.1, -0.05) is 140 Å². The Morgan fingerprint density at radius 1 is 0.400 bits per heavy atom. The molecule has 0 fully saturated rings. The van der Waals surface area contributed by atoms with E-state index < -0.39 is 5.41 Å². The van der Waals surface area contributed by atoms with Crippen LogP contribution < -0.4 is 4.74 Å². The van der Waals surface area contributed by atoms with Crippen LogP contribution in [0, 0.1) is 0 Å². The Morgan fingerprint density at radius 3 is 1.84 bits per heavy atom. The first kappa shape index (κ1) is 25.6. The minimum absolute atomic E-state index is 0.523. The second kappa shape index (κ2) is 10.1. The average Bonchev–Trinajstić information content (AvgIpc) is 3.50. The van der Waals surface area contributed by atoms with E-state index in [1.165, 1.54) is 11.1 Å². The van der Waals surface area contributed by atoms with Gasteiger partial charge in [-0.25, -0.2) is 0 Å². The second-order valence-electron chi connectivity index (χ2n) is 11.6. The van der Waals surface area contributed by atoms with E-state index in [2.05, 4.69) is 152 Å². The monoisotopic (exact) mass is 576 g/mol. The van der Waals surface area contributed by atoms with Crippen molar-refractivity contribution in [2.24, 2.45) is 0 Å². The minimum atomic E-state index is -0.523. The summed E-state index contributed by atoms with van der Waals surface area (Å²) in [5, 5.41) is 2.28. The molecule has 0 bridgehead atoms. The second-order valence-corrected chi connectivity index (χ2v) is 11.6. The number of hydrogen-bond acceptors (Lipinski definition) is 2. The fourth-order valence-electron chi connectivity index (χ4n) is 7.27. The molecule has 2 heterocycles. The molecule has 0 saturated carbocycles. The summed E-state index contributed by atoms with van der Waals surface area (Å²) in [4.78, 5) is 0. The summed E-state index contributed by atoms with van der Waals surface area (Å²) in [5.41, 5.74) is 10.5. The topological polar surface area (TPSA) is 22.4 Å². The zero-order valence-corrected chi connectivity index (χ0v) is 24.5. The highest BCUT2D eigenvalue weighted by Crippen LogP contribution is 2.55. The van der Waals surface area contributed by atoms with Crippen LogP contribution >= 0.6 is 0 Å². The van der Waals surface area contributed by atoms with Crippen LogP contribution in [0.5, 0.6) is 11.5 Å². The van der Waals surface area contributed by atoms with Crippen LogP contribution in [0.3, 0.4) is 0 Å². The smallest absolute Gasteiger partial charge is 0.136 e. The van der Waals surface area contributed by atoms with E-state index in [0.717, 1.165) is 66.8 Å². The highest BCUT2D eigenvalue weighted by atomic mass is 16.5. The maximum Gasteiger partial charge on any atom is 0.136 e. The lowest BCUT2D eigenvalue weighted by atomic mass is 9.63. The lowest BCUT2D eigenvalue weighted by Crippen LogP contribution is -2.34. The molecule has 2 heteroatoms. The number of hydrogen-bond donors (Lipinski definition) is 0. The van der Waals surface area contributed by atoms with Crippen LogP contribution in [-0.2, 0) is 5.41 Å². The largest absolute Gasteiger partial charge is 0.457 e. The summed E-state index contributed by atoms with van der Waals surface area (Å²) < 4.78 is 12.9. The van der Waals surface area contributed by atoms with Gasteiger partial charge in [0.1, 0.15) is 22.7 Å². The maximum absolute atomic E-state index is 6.74. The molecule has 212 valence electrons. The van der Waals surface area contributed by atoms with Gasteiger partial charge in [0.15, 0.2) is 0 Å². The summed E-state index contributed by atoms with van der Waals surface area (Å²) in [6.45, 7) is 0. The van der Waals surface area contributed by atoms with Gasteiger partial charge < -0.3 is 9.15 Å². The number of rotatable bonds is 4. The molecule has 0 amide bonds. The van der Waals surface area contributed by atoms with Crippen LogP contribution in [0.4, 0.5) is 0 Å². The Hall–Kier alpha value is -5.86. The Balaban J connectivity index is 1.24. The van der Waals surface area contributed by atoms with Gasteiger partial charge in [-0.05, 0) is 63.7 Å². The van der Waals surface area contributed by atoms with E-state index >= 15 is 0 Å². The highest BCUT2D eigenvalue weighted by molar-refractivity contribution is 6.12. The van der Waals surface area contributed by atoms with Gasteiger partial charge in [0.05, 0.1) is 5.41 Å². The molecule has 0 saturated heterocycles. The molecule has 7 aromatic carbocycles. The van der Waals surface area contributed by atoms with Crippen LogP contribution in [0.15, 0.2) is 174 Å². The van der Waals surface area contributed by atoms with Crippen LogP contribution in [-0.4, -0.2) is 0 Å². The Kier molecular flexibility index (Phi) is 5.76. The first-order valence-electron chi connectivity index (χ1n) is 15.3. The molecular formula is C43H28O2. The zero-order valence-electron chi connectivity index (χ0n) is 24.5. The quantitative estimate of drug-likeness (QED) is 0.208. The predicted molar refractivity (Wildman–Crippen MR) is 183 cm³/mol. The third-order valence-corrected chi connectivity index (χ3v) is 9.22. The number of fused-ring (bicyclic) bond motifs is 5. The van der Waals surface area contributed by atoms with Gasteiger partial charge in [-0.3, -0.25) is 0 Å². The molecule has 8 aromatic rings. The van der Waals surface area contributed by atoms with Gasteiger partial charge in [0.25, 0.3) is 0 Å². The van der Waals surface area contributed by atoms with E-state index in [-0.39, 0.29) is 0 Å². The lowest BCUT2D eigenvalue weighted by Gasteiger charge is -2.41. The van der Waals surface area contributed by atoms with Crippen molar-refractivity contribution in [2.45, 2.75) is 5.41 Å². The molecule has 9 rings (SSSR count). The van der Waals surface area contributed by atoms with Crippen LogP contribution in [0.25, 0.3) is 44.2 Å². The van der Waals surface area contributed by atoms with E-state index in [4.69, 9.17) is 9.15 Å². The third-order valence-electron chi connectivity index (χ3n) is 9.22. The van der Waals surface area contributed by atoms with Crippen LogP contribution in [0.1, 0.15) is 22.3 Å². The summed E-state index contributed by atoms with van der Waals surface area (Å²) in [5.74, 6) is 1.74. The fourth-order valence-corrected chi connectivity index (χ4v) is 7.27. The van der Waals surface area contributed by atoms with E-state index in [9.17, 15) is 0 Å². The zero-order chi connectivity index (χ0) is 29.8. The van der Waals surface area contributed by atoms with Gasteiger partial charge in [0, 0.05) is 21.9 Å². The van der Waals surface area contributed by atoms with E-state index in [1.54, 1.807) is 0 Å². The van der Waals surface area contributed by atoms with Gasteiger partial charge in [-0.2, -0.15) is 0 Å². The number of furan rings is 1. The molecule has 1 aliphatic rings. The summed E-state index contributed by atoms with van der Waals surface area (Å²) in [6.07, 6.45) is 0. The highest BCUT2D eigenvalue weighted by Gasteiger charge is 2.45. The van der Waals surface area contributed by atoms with Crippen molar-refractivity contribution in [1.82, 2.24) is 0 Å². The number of benzene rings is 7. The first-order chi connectivity index (χ1) is 22.3. The Morgan fingerprint density at radius 2 is 1.02 bits per heavy atom. The molecular weight excluding hydrogens is 548 g/mol. The molecule has 1 aliphatic heterocycles. The first-order valence-corrected chi connectivity index (χ1v) is 15.3. The summed E-state index contributed by atoms with van der Waals surface area (Å²) in [7, 11) is 0. The SMILES string of the molecule is c1ccc(C2(c3ccccc3)c3ccccc3Oc3cc(-c4cccc(-c5cccc6oc7ccccc7c56)c4)ccc32)cc1. The molecule has 0 N–H and O–H groups in total. The standard InChI is InChI=1S/C43H28O2/c1-3-15-32(16-4-1)43(33-17-5-2-6-18-33)36-21-8-10-23-39(36)45-41-28-30(25-26-37(41)43)29-13-11-14-31(27-29)34-20-12-24-40-42(34)35-19-7-9-22-38(35)44-40/h1-28H. The molecule has 0 radical (unpaired) electrons. The molecule has 0 spiro atoms. The predicted octanol–water partition coefficient (Wildman–Crippen LogP) is 11.4. The normalized spacial score (nSPS) is 13.2. The van der Waals surface area contributed by atoms with Gasteiger partial charge >= 0.3 is 0 Å². The maximum atomic E-state index is 6.74. The van der Waals surface area contributed by atoms with E-state index in [0.29, 0.717) is 0 Å². The van der Waals surface area contributed by atoms with Crippen molar-refractivity contribution in [1.29, 1.82) is 0 Å². The molecule has 1 aromatic heterocycles. The molecule has 0 atom stereocenters. The van der Waals surface area contributed by atoms with Crippen molar-refractivity contribution in [3.8, 4) is 33.8 Å². The van der Waals surface area contributed by atoms with Crippen molar-refractivity contribution in [3.05, 3.63) is 192 Å². The minimum Gasteiger partial charge on any atom is -0.457 e. The third kappa shape index (κ3) is 3.89. The Bertz CT molecular complexity index is 2310. The lowest BCUT2D eigenvalue weighted by molar-refractivity contribution is 0.435. The molecule has 0 aliphatic carbocycles. The Labute approximate surface area is 261 Å². The van der Waals surface area contributed by atoms with Gasteiger partial charge in [-0.15, -0.1) is 0 Å². The average molecular weight is 577 g/mol. The van der Waals surface area contributed by atoms with Crippen molar-refractivity contribution in [2.75, 3.05) is 0 Å². The van der Waals surface area contributed by atoms with Crippen molar-refractivity contribution in [3.63, 3.8) is 0 Å². The van der Waals surface area contributed by atoms with Gasteiger partial charge in [0.2, 0.25) is 0 Å². The van der Waals surface area contributed by atoms with Crippen LogP contribution in [0.2, 0.25) is 0 Å². The number of ether oxygens (including phenoxy) is 1. The summed E-state index contributed by atoms with van der Waals surface area (Å²) in [6, 6.07) is 60.1.